The molecule has 3 nitrogen and oxygen atoms in total. The summed E-state index contributed by atoms with van der Waals surface area (Å²) < 4.78 is 18.2. The van der Waals surface area contributed by atoms with Gasteiger partial charge in [-0.1, -0.05) is 0 Å². The van der Waals surface area contributed by atoms with E-state index in [0.29, 0.717) is 18.1 Å². The van der Waals surface area contributed by atoms with Crippen LogP contribution in [0.15, 0.2) is 40.8 Å². The molecule has 2 aromatic rings. The van der Waals surface area contributed by atoms with E-state index < -0.39 is 0 Å². The number of hydrogen-bond donors (Lipinski definition) is 1. The average molecular weight is 221 g/mol. The Morgan fingerprint density at radius 2 is 1.88 bits per heavy atom. The van der Waals surface area contributed by atoms with Gasteiger partial charge in [-0.05, 0) is 36.4 Å². The van der Waals surface area contributed by atoms with Gasteiger partial charge in [-0.2, -0.15) is 5.06 Å². The zero-order valence-electron chi connectivity index (χ0n) is 8.85. The van der Waals surface area contributed by atoms with Crippen LogP contribution in [0.3, 0.4) is 0 Å². The molecule has 0 fully saturated rings. The van der Waals surface area contributed by atoms with Gasteiger partial charge in [0.2, 0.25) is 0 Å². The summed E-state index contributed by atoms with van der Waals surface area (Å²) in [5.74, 6) is 1.05. The summed E-state index contributed by atoms with van der Waals surface area (Å²) in [6, 6.07) is 9.66. The molecule has 1 aromatic carbocycles. The molecule has 84 valence electrons. The van der Waals surface area contributed by atoms with Crippen molar-refractivity contribution in [2.24, 2.45) is 0 Å². The van der Waals surface area contributed by atoms with E-state index in [0.717, 1.165) is 10.6 Å². The van der Waals surface area contributed by atoms with Crippen molar-refractivity contribution in [1.29, 1.82) is 0 Å². The molecule has 1 heterocycles. The molecule has 0 amide bonds. The Bertz CT molecular complexity index is 462. The molecule has 4 heteroatoms. The highest BCUT2D eigenvalue weighted by atomic mass is 19.1. The highest BCUT2D eigenvalue weighted by Crippen LogP contribution is 2.22. The molecule has 0 aliphatic heterocycles. The van der Waals surface area contributed by atoms with Crippen molar-refractivity contribution in [2.45, 2.75) is 6.54 Å². The minimum Gasteiger partial charge on any atom is -0.460 e. The van der Waals surface area contributed by atoms with E-state index in [9.17, 15) is 4.39 Å². The van der Waals surface area contributed by atoms with E-state index in [1.54, 1.807) is 31.3 Å². The summed E-state index contributed by atoms with van der Waals surface area (Å²) in [6.07, 6.45) is 0. The number of rotatable bonds is 3. The largest absolute Gasteiger partial charge is 0.460 e. The fourth-order valence-electron chi connectivity index (χ4n) is 1.46. The maximum absolute atomic E-state index is 12.7. The van der Waals surface area contributed by atoms with Crippen molar-refractivity contribution in [2.75, 3.05) is 7.05 Å². The standard InChI is InChI=1S/C12H12FNO2/c1-14(15)8-11-6-7-12(16-11)9-2-4-10(13)5-3-9/h2-7,15H,8H2,1H3. The van der Waals surface area contributed by atoms with Crippen LogP contribution in [-0.2, 0) is 6.54 Å². The Labute approximate surface area is 92.7 Å². The lowest BCUT2D eigenvalue weighted by Gasteiger charge is -2.04. The molecular weight excluding hydrogens is 209 g/mol. The minimum absolute atomic E-state index is 0.273. The quantitative estimate of drug-likeness (QED) is 0.809. The van der Waals surface area contributed by atoms with Gasteiger partial charge >= 0.3 is 0 Å². The normalized spacial score (nSPS) is 11.0. The lowest BCUT2D eigenvalue weighted by Crippen LogP contribution is -2.10. The van der Waals surface area contributed by atoms with Gasteiger partial charge in [-0.3, -0.25) is 0 Å². The van der Waals surface area contributed by atoms with Crippen molar-refractivity contribution in [3.05, 3.63) is 48.0 Å². The van der Waals surface area contributed by atoms with Crippen LogP contribution >= 0.6 is 0 Å². The van der Waals surface area contributed by atoms with Gasteiger partial charge in [0.15, 0.2) is 0 Å². The van der Waals surface area contributed by atoms with Gasteiger partial charge in [0.25, 0.3) is 0 Å². The van der Waals surface area contributed by atoms with Crippen LogP contribution in [0.5, 0.6) is 0 Å². The van der Waals surface area contributed by atoms with Crippen LogP contribution in [0, 0.1) is 5.82 Å². The summed E-state index contributed by atoms with van der Waals surface area (Å²) in [7, 11) is 1.54. The molecular formula is C12H12FNO2. The summed E-state index contributed by atoms with van der Waals surface area (Å²) >= 11 is 0. The molecule has 0 radical (unpaired) electrons. The fraction of sp³-hybridized carbons (Fsp3) is 0.167. The maximum atomic E-state index is 12.7. The summed E-state index contributed by atoms with van der Waals surface area (Å²) in [6.45, 7) is 0.321. The number of hydrogen-bond acceptors (Lipinski definition) is 3. The predicted molar refractivity (Wildman–Crippen MR) is 57.4 cm³/mol. The van der Waals surface area contributed by atoms with Crippen molar-refractivity contribution >= 4 is 0 Å². The zero-order chi connectivity index (χ0) is 11.5. The van der Waals surface area contributed by atoms with Gasteiger partial charge in [0.05, 0.1) is 6.54 Å². The SMILES string of the molecule is CN(O)Cc1ccc(-c2ccc(F)cc2)o1. The number of halogens is 1. The van der Waals surface area contributed by atoms with Crippen molar-refractivity contribution in [3.63, 3.8) is 0 Å². The van der Waals surface area contributed by atoms with E-state index in [-0.39, 0.29) is 5.82 Å². The van der Waals surface area contributed by atoms with Crippen LogP contribution in [0.25, 0.3) is 11.3 Å². The predicted octanol–water partition coefficient (Wildman–Crippen LogP) is 2.91. The molecule has 0 bridgehead atoms. The van der Waals surface area contributed by atoms with Crippen LogP contribution in [0.1, 0.15) is 5.76 Å². The Morgan fingerprint density at radius 1 is 1.19 bits per heavy atom. The second kappa shape index (κ2) is 4.47. The second-order valence-corrected chi connectivity index (χ2v) is 3.59. The van der Waals surface area contributed by atoms with E-state index in [1.807, 2.05) is 0 Å². The molecule has 0 atom stereocenters. The lowest BCUT2D eigenvalue weighted by atomic mass is 10.2. The first-order chi connectivity index (χ1) is 7.65. The Kier molecular flexibility index (Phi) is 3.03. The molecule has 0 saturated heterocycles. The first kappa shape index (κ1) is 10.9. The summed E-state index contributed by atoms with van der Waals surface area (Å²) in [5, 5.41) is 10.1. The van der Waals surface area contributed by atoms with E-state index in [2.05, 4.69) is 0 Å². The lowest BCUT2D eigenvalue weighted by molar-refractivity contribution is -0.0772. The van der Waals surface area contributed by atoms with Gasteiger partial charge in [0.1, 0.15) is 17.3 Å². The fourth-order valence-corrected chi connectivity index (χ4v) is 1.46. The molecule has 0 unspecified atom stereocenters. The molecule has 0 aliphatic rings. The molecule has 2 rings (SSSR count). The first-order valence-corrected chi connectivity index (χ1v) is 4.90. The Morgan fingerprint density at radius 3 is 2.50 bits per heavy atom. The van der Waals surface area contributed by atoms with Gasteiger partial charge in [-0.15, -0.1) is 0 Å². The van der Waals surface area contributed by atoms with E-state index in [1.165, 1.54) is 12.1 Å². The minimum atomic E-state index is -0.273. The van der Waals surface area contributed by atoms with Crippen LogP contribution < -0.4 is 0 Å². The molecule has 16 heavy (non-hydrogen) atoms. The molecule has 0 aliphatic carbocycles. The Balaban J connectivity index is 2.21. The smallest absolute Gasteiger partial charge is 0.134 e. The number of furan rings is 1. The molecule has 0 saturated carbocycles. The third-order valence-electron chi connectivity index (χ3n) is 2.18. The number of benzene rings is 1. The molecule has 0 spiro atoms. The zero-order valence-corrected chi connectivity index (χ0v) is 8.85. The van der Waals surface area contributed by atoms with Gasteiger partial charge in [-0.25, -0.2) is 4.39 Å². The topological polar surface area (TPSA) is 36.6 Å². The monoisotopic (exact) mass is 221 g/mol. The van der Waals surface area contributed by atoms with Crippen LogP contribution in [-0.4, -0.2) is 17.3 Å². The average Bonchev–Trinajstić information content (AvgIpc) is 2.66. The van der Waals surface area contributed by atoms with Crippen molar-refractivity contribution in [3.8, 4) is 11.3 Å². The van der Waals surface area contributed by atoms with Gasteiger partial charge < -0.3 is 9.62 Å². The first-order valence-electron chi connectivity index (χ1n) is 4.90. The number of nitrogens with zero attached hydrogens (tertiary/aromatic N) is 1. The van der Waals surface area contributed by atoms with Crippen molar-refractivity contribution < 1.29 is 14.0 Å². The highest BCUT2D eigenvalue weighted by Gasteiger charge is 2.05. The molecule has 1 N–H and O–H groups in total. The third-order valence-corrected chi connectivity index (χ3v) is 2.18. The Hall–Kier alpha value is -1.65. The number of hydroxylamine groups is 2. The van der Waals surface area contributed by atoms with E-state index in [4.69, 9.17) is 9.62 Å². The van der Waals surface area contributed by atoms with Crippen molar-refractivity contribution in [1.82, 2.24) is 5.06 Å². The molecule has 1 aromatic heterocycles. The third kappa shape index (κ3) is 2.48. The van der Waals surface area contributed by atoms with Crippen LogP contribution in [0.4, 0.5) is 4.39 Å². The summed E-state index contributed by atoms with van der Waals surface area (Å²) in [4.78, 5) is 0. The van der Waals surface area contributed by atoms with E-state index >= 15 is 0 Å². The summed E-state index contributed by atoms with van der Waals surface area (Å²) in [5.41, 5.74) is 0.813. The van der Waals surface area contributed by atoms with Gasteiger partial charge in [0, 0.05) is 12.6 Å². The maximum Gasteiger partial charge on any atom is 0.134 e. The highest BCUT2D eigenvalue weighted by molar-refractivity contribution is 5.57. The van der Waals surface area contributed by atoms with Crippen LogP contribution in [0.2, 0.25) is 0 Å². The second-order valence-electron chi connectivity index (χ2n) is 3.59.